The Labute approximate surface area is 161 Å². The summed E-state index contributed by atoms with van der Waals surface area (Å²) in [7, 11) is 0. The number of carbonyl (C=O) groups excluding carboxylic acids is 2. The Morgan fingerprint density at radius 2 is 1.36 bits per heavy atom. The fraction of sp³-hybridized carbons (Fsp3) is 0.100. The van der Waals surface area contributed by atoms with Gasteiger partial charge in [-0.3, -0.25) is 20.4 Å². The summed E-state index contributed by atoms with van der Waals surface area (Å²) in [6, 6.07) is 17.4. The lowest BCUT2D eigenvalue weighted by Crippen LogP contribution is -2.30. The normalized spacial score (nSPS) is 10.7. The number of amides is 2. The van der Waals surface area contributed by atoms with E-state index >= 15 is 0 Å². The molecule has 6 N–H and O–H groups in total. The van der Waals surface area contributed by atoms with Gasteiger partial charge in [0.05, 0.1) is 6.26 Å². The molecule has 2 aromatic carbocycles. The van der Waals surface area contributed by atoms with Crippen LogP contribution in [0.25, 0.3) is 0 Å². The van der Waals surface area contributed by atoms with E-state index in [4.69, 9.17) is 20.8 Å². The molecule has 3 aromatic rings. The highest BCUT2D eigenvalue weighted by Gasteiger charge is 2.17. The maximum absolute atomic E-state index is 11.6. The molecule has 0 radical (unpaired) electrons. The van der Waals surface area contributed by atoms with Gasteiger partial charge in [0.25, 0.3) is 11.8 Å². The number of benzene rings is 2. The molecule has 0 saturated carbocycles. The van der Waals surface area contributed by atoms with Gasteiger partial charge >= 0.3 is 0 Å². The van der Waals surface area contributed by atoms with E-state index in [-0.39, 0.29) is 18.4 Å². The third kappa shape index (κ3) is 4.44. The van der Waals surface area contributed by atoms with Crippen molar-refractivity contribution in [2.24, 2.45) is 11.7 Å². The third-order valence-electron chi connectivity index (χ3n) is 4.19. The molecule has 0 fully saturated rings. The van der Waals surface area contributed by atoms with Gasteiger partial charge in [-0.1, -0.05) is 24.3 Å². The summed E-state index contributed by atoms with van der Waals surface area (Å²) in [5.41, 5.74) is 6.73. The monoisotopic (exact) mass is 380 g/mol. The van der Waals surface area contributed by atoms with Crippen molar-refractivity contribution in [3.05, 3.63) is 94.9 Å². The largest absolute Gasteiger partial charge is 0.467 e. The first-order valence-corrected chi connectivity index (χ1v) is 8.48. The zero-order chi connectivity index (χ0) is 19.9. The van der Waals surface area contributed by atoms with Crippen LogP contribution in [0.1, 0.15) is 43.7 Å². The van der Waals surface area contributed by atoms with Crippen molar-refractivity contribution in [3.63, 3.8) is 0 Å². The van der Waals surface area contributed by atoms with E-state index in [2.05, 4.69) is 10.9 Å². The Kier molecular flexibility index (Phi) is 6.18. The predicted octanol–water partition coefficient (Wildman–Crippen LogP) is 1.79. The van der Waals surface area contributed by atoms with E-state index in [1.807, 2.05) is 6.07 Å². The Morgan fingerprint density at radius 1 is 0.857 bits per heavy atom. The lowest BCUT2D eigenvalue weighted by atomic mass is 9.98. The molecule has 144 valence electrons. The second-order valence-corrected chi connectivity index (χ2v) is 5.96. The van der Waals surface area contributed by atoms with Gasteiger partial charge in [-0.25, -0.2) is 11.7 Å². The van der Waals surface area contributed by atoms with Crippen molar-refractivity contribution in [1.29, 1.82) is 0 Å². The van der Waals surface area contributed by atoms with E-state index in [0.717, 1.165) is 11.1 Å². The highest BCUT2D eigenvalue weighted by atomic mass is 16.5. The van der Waals surface area contributed by atoms with Crippen LogP contribution in [0, 0.1) is 0 Å². The summed E-state index contributed by atoms with van der Waals surface area (Å²) in [6.07, 6.45) is 1.14. The van der Waals surface area contributed by atoms with Gasteiger partial charge in [0.2, 0.25) is 0 Å². The van der Waals surface area contributed by atoms with Crippen molar-refractivity contribution in [1.82, 2.24) is 10.9 Å². The van der Waals surface area contributed by atoms with Crippen LogP contribution in [-0.2, 0) is 11.3 Å². The van der Waals surface area contributed by atoms with Gasteiger partial charge in [-0.2, -0.15) is 0 Å². The van der Waals surface area contributed by atoms with Crippen LogP contribution in [0.4, 0.5) is 0 Å². The second kappa shape index (κ2) is 8.96. The minimum atomic E-state index is -0.435. The zero-order valence-corrected chi connectivity index (χ0v) is 14.9. The molecule has 8 nitrogen and oxygen atoms in total. The van der Waals surface area contributed by atoms with Crippen molar-refractivity contribution in [2.75, 3.05) is 0 Å². The number of rotatable bonds is 7. The van der Waals surface area contributed by atoms with Crippen LogP contribution in [0.15, 0.2) is 71.3 Å². The van der Waals surface area contributed by atoms with Crippen molar-refractivity contribution in [2.45, 2.75) is 12.7 Å². The maximum Gasteiger partial charge on any atom is 0.265 e. The molecule has 28 heavy (non-hydrogen) atoms. The lowest BCUT2D eigenvalue weighted by Gasteiger charge is -2.19. The zero-order valence-electron chi connectivity index (χ0n) is 14.9. The van der Waals surface area contributed by atoms with E-state index in [9.17, 15) is 9.59 Å². The number of nitrogens with two attached hydrogens (primary N) is 2. The number of nitrogen functional groups attached to an aromatic ring is 2. The van der Waals surface area contributed by atoms with Crippen LogP contribution in [0.3, 0.4) is 0 Å². The fourth-order valence-corrected chi connectivity index (χ4v) is 2.73. The molecule has 0 aliphatic heterocycles. The molecular formula is C20H20N4O4. The molecule has 1 heterocycles. The van der Waals surface area contributed by atoms with Gasteiger partial charge in [0, 0.05) is 11.1 Å². The number of ether oxygens (including phenoxy) is 1. The highest BCUT2D eigenvalue weighted by Crippen LogP contribution is 2.28. The first-order valence-electron chi connectivity index (χ1n) is 8.48. The number of hydrogen-bond donors (Lipinski definition) is 4. The molecule has 0 saturated heterocycles. The van der Waals surface area contributed by atoms with Crippen LogP contribution in [0.2, 0.25) is 0 Å². The van der Waals surface area contributed by atoms with Gasteiger partial charge in [0.1, 0.15) is 18.5 Å². The average Bonchev–Trinajstić information content (AvgIpc) is 3.27. The minimum absolute atomic E-state index is 0.258. The minimum Gasteiger partial charge on any atom is -0.467 e. The fourth-order valence-electron chi connectivity index (χ4n) is 2.73. The average molecular weight is 380 g/mol. The van der Waals surface area contributed by atoms with Gasteiger partial charge in [0.15, 0.2) is 0 Å². The van der Waals surface area contributed by atoms with Crippen LogP contribution < -0.4 is 22.5 Å². The summed E-state index contributed by atoms with van der Waals surface area (Å²) < 4.78 is 11.4. The number of hydrogen-bond acceptors (Lipinski definition) is 6. The molecule has 0 aliphatic rings. The van der Waals surface area contributed by atoms with Crippen LogP contribution in [-0.4, -0.2) is 11.8 Å². The molecule has 1 aromatic heterocycles. The van der Waals surface area contributed by atoms with Gasteiger partial charge < -0.3 is 9.15 Å². The SMILES string of the molecule is NNC(=O)c1ccc(C(OCc2ccco2)c2ccc(C(=O)NN)cc2)cc1. The number of nitrogens with one attached hydrogen (secondary N) is 2. The maximum atomic E-state index is 11.6. The van der Waals surface area contributed by atoms with E-state index in [1.54, 1.807) is 60.9 Å². The summed E-state index contributed by atoms with van der Waals surface area (Å²) in [6.45, 7) is 0.258. The summed E-state index contributed by atoms with van der Waals surface area (Å²) >= 11 is 0. The quantitative estimate of drug-likeness (QED) is 0.281. The Bertz CT molecular complexity index is 862. The highest BCUT2D eigenvalue weighted by molar-refractivity contribution is 5.94. The summed E-state index contributed by atoms with van der Waals surface area (Å²) in [5, 5.41) is 0. The second-order valence-electron chi connectivity index (χ2n) is 5.96. The lowest BCUT2D eigenvalue weighted by molar-refractivity contribution is 0.0553. The first kappa shape index (κ1) is 19.3. The molecule has 0 aliphatic carbocycles. The molecule has 0 unspecified atom stereocenters. The summed E-state index contributed by atoms with van der Waals surface area (Å²) in [4.78, 5) is 23.3. The topological polar surface area (TPSA) is 133 Å². The van der Waals surface area contributed by atoms with Crippen LogP contribution in [0.5, 0.6) is 0 Å². The number of carbonyl (C=O) groups is 2. The first-order chi connectivity index (χ1) is 13.6. The standard InChI is InChI=1S/C20H20N4O4/c21-23-19(25)15-7-3-13(4-8-15)18(28-12-17-2-1-11-27-17)14-5-9-16(10-6-14)20(26)24-22/h1-11,18H,12,21-22H2,(H,23,25)(H,24,26). The van der Waals surface area contributed by atoms with E-state index in [0.29, 0.717) is 16.9 Å². The Balaban J connectivity index is 1.88. The van der Waals surface area contributed by atoms with Gasteiger partial charge in [-0.05, 0) is 47.5 Å². The number of hydrazine groups is 2. The molecule has 0 bridgehead atoms. The molecule has 0 atom stereocenters. The number of furan rings is 1. The Morgan fingerprint density at radius 3 is 1.75 bits per heavy atom. The molecule has 3 rings (SSSR count). The molecular weight excluding hydrogens is 360 g/mol. The van der Waals surface area contributed by atoms with Crippen molar-refractivity contribution < 1.29 is 18.7 Å². The molecule has 8 heteroatoms. The van der Waals surface area contributed by atoms with Gasteiger partial charge in [-0.15, -0.1) is 0 Å². The van der Waals surface area contributed by atoms with E-state index in [1.165, 1.54) is 0 Å². The third-order valence-corrected chi connectivity index (χ3v) is 4.19. The summed E-state index contributed by atoms with van der Waals surface area (Å²) in [5.74, 6) is 10.3. The van der Waals surface area contributed by atoms with E-state index < -0.39 is 6.10 Å². The molecule has 0 spiro atoms. The predicted molar refractivity (Wildman–Crippen MR) is 102 cm³/mol. The van der Waals surface area contributed by atoms with Crippen LogP contribution >= 0.6 is 0 Å². The Hall–Kier alpha value is -3.46. The molecule has 2 amide bonds. The van der Waals surface area contributed by atoms with Crippen molar-refractivity contribution in [3.8, 4) is 0 Å². The van der Waals surface area contributed by atoms with Crippen molar-refractivity contribution >= 4 is 11.8 Å². The smallest absolute Gasteiger partial charge is 0.265 e.